The maximum Gasteiger partial charge on any atom is 0.201 e. The van der Waals surface area contributed by atoms with E-state index >= 15 is 0 Å². The zero-order chi connectivity index (χ0) is 22.2. The highest BCUT2D eigenvalue weighted by molar-refractivity contribution is 5.66. The van der Waals surface area contributed by atoms with E-state index in [9.17, 15) is 13.2 Å². The lowest BCUT2D eigenvalue weighted by atomic mass is 9.89. The van der Waals surface area contributed by atoms with Crippen molar-refractivity contribution in [3.05, 3.63) is 53.3 Å². The number of unbranched alkanes of at least 4 members (excludes halogenated alkanes) is 3. The van der Waals surface area contributed by atoms with Crippen LogP contribution in [-0.4, -0.2) is 19.3 Å². The molecule has 0 aliphatic carbocycles. The third-order valence-corrected chi connectivity index (χ3v) is 6.06. The first-order valence-corrected chi connectivity index (χ1v) is 11.6. The lowest BCUT2D eigenvalue weighted by Gasteiger charge is -2.29. The molecule has 5 heteroatoms. The van der Waals surface area contributed by atoms with E-state index in [1.54, 1.807) is 6.07 Å². The van der Waals surface area contributed by atoms with E-state index in [4.69, 9.17) is 9.47 Å². The second kappa shape index (κ2) is 11.6. The van der Waals surface area contributed by atoms with Crippen LogP contribution >= 0.6 is 0 Å². The van der Waals surface area contributed by atoms with Gasteiger partial charge < -0.3 is 9.47 Å². The zero-order valence-corrected chi connectivity index (χ0v) is 18.6. The molecular formula is C26H33F3O2. The van der Waals surface area contributed by atoms with Crippen molar-refractivity contribution in [3.8, 4) is 16.9 Å². The minimum atomic E-state index is -1.08. The summed E-state index contributed by atoms with van der Waals surface area (Å²) in [4.78, 5) is 0. The van der Waals surface area contributed by atoms with Gasteiger partial charge >= 0.3 is 0 Å². The summed E-state index contributed by atoms with van der Waals surface area (Å²) >= 11 is 0. The average molecular weight is 435 g/mol. The van der Waals surface area contributed by atoms with Gasteiger partial charge in [-0.1, -0.05) is 51.7 Å². The van der Waals surface area contributed by atoms with E-state index in [2.05, 4.69) is 13.8 Å². The molecule has 1 saturated heterocycles. The molecule has 0 aromatic heterocycles. The van der Waals surface area contributed by atoms with Gasteiger partial charge in [0.1, 0.15) is 5.82 Å². The van der Waals surface area contributed by atoms with Crippen LogP contribution in [0.25, 0.3) is 11.1 Å². The van der Waals surface area contributed by atoms with Gasteiger partial charge in [0, 0.05) is 17.0 Å². The molecule has 0 bridgehead atoms. The van der Waals surface area contributed by atoms with Gasteiger partial charge in [-0.25, -0.2) is 8.78 Å². The molecule has 1 aliphatic heterocycles. The number of benzene rings is 2. The molecule has 1 aliphatic rings. The summed E-state index contributed by atoms with van der Waals surface area (Å²) in [6.07, 6.45) is 8.33. The fourth-order valence-corrected chi connectivity index (χ4v) is 4.12. The quantitative estimate of drug-likeness (QED) is 0.355. The lowest BCUT2D eigenvalue weighted by Crippen LogP contribution is -2.24. The molecule has 1 heterocycles. The Morgan fingerprint density at radius 1 is 0.903 bits per heavy atom. The first-order valence-electron chi connectivity index (χ1n) is 11.6. The molecular weight excluding hydrogens is 401 g/mol. The van der Waals surface area contributed by atoms with Gasteiger partial charge in [0.15, 0.2) is 11.6 Å². The van der Waals surface area contributed by atoms with Gasteiger partial charge in [-0.3, -0.25) is 0 Å². The van der Waals surface area contributed by atoms with Crippen LogP contribution in [0.4, 0.5) is 13.2 Å². The van der Waals surface area contributed by atoms with E-state index in [1.807, 2.05) is 0 Å². The van der Waals surface area contributed by atoms with Gasteiger partial charge in [-0.15, -0.1) is 0 Å². The summed E-state index contributed by atoms with van der Waals surface area (Å²) in [5.74, 6) is -2.72. The van der Waals surface area contributed by atoms with E-state index in [0.29, 0.717) is 19.3 Å². The molecule has 2 nitrogen and oxygen atoms in total. The van der Waals surface area contributed by atoms with Crippen molar-refractivity contribution in [1.82, 2.24) is 0 Å². The van der Waals surface area contributed by atoms with Crippen LogP contribution in [0.15, 0.2) is 30.3 Å². The minimum absolute atomic E-state index is 0.0511. The number of halogens is 3. The topological polar surface area (TPSA) is 18.5 Å². The van der Waals surface area contributed by atoms with Gasteiger partial charge in [0.25, 0.3) is 0 Å². The predicted molar refractivity (Wildman–Crippen MR) is 118 cm³/mol. The lowest BCUT2D eigenvalue weighted by molar-refractivity contribution is -0.00193. The number of hydrogen-bond acceptors (Lipinski definition) is 2. The van der Waals surface area contributed by atoms with Crippen LogP contribution in [0.5, 0.6) is 5.75 Å². The highest BCUT2D eigenvalue weighted by Gasteiger charge is 2.24. The standard InChI is InChI=1S/C26H33F3O2/c1-3-5-7-15-30-24-14-13-22(25(28)26(24)29)21-12-10-18(16-23(21)27)19-9-11-20(31-17-19)8-6-4-2/h10,12-14,16,19-20H,3-9,11,15,17H2,1-2H3. The second-order valence-electron chi connectivity index (χ2n) is 8.41. The Morgan fingerprint density at radius 2 is 1.68 bits per heavy atom. The summed E-state index contributed by atoms with van der Waals surface area (Å²) in [5, 5.41) is 0. The summed E-state index contributed by atoms with van der Waals surface area (Å²) in [7, 11) is 0. The highest BCUT2D eigenvalue weighted by Crippen LogP contribution is 2.35. The van der Waals surface area contributed by atoms with E-state index < -0.39 is 17.5 Å². The summed E-state index contributed by atoms with van der Waals surface area (Å²) in [5.41, 5.74) is 0.796. The first kappa shape index (κ1) is 23.6. The monoisotopic (exact) mass is 434 g/mol. The van der Waals surface area contributed by atoms with Crippen molar-refractivity contribution in [2.45, 2.75) is 77.2 Å². The van der Waals surface area contributed by atoms with Gasteiger partial charge in [-0.2, -0.15) is 4.39 Å². The average Bonchev–Trinajstić information content (AvgIpc) is 2.79. The summed E-state index contributed by atoms with van der Waals surface area (Å²) < 4.78 is 55.3. The molecule has 2 unspecified atom stereocenters. The van der Waals surface area contributed by atoms with Crippen molar-refractivity contribution in [2.75, 3.05) is 13.2 Å². The third-order valence-electron chi connectivity index (χ3n) is 6.06. The van der Waals surface area contributed by atoms with Crippen LogP contribution in [-0.2, 0) is 4.74 Å². The molecule has 2 aromatic carbocycles. The third kappa shape index (κ3) is 6.03. The van der Waals surface area contributed by atoms with Crippen LogP contribution in [0, 0.1) is 17.5 Å². The zero-order valence-electron chi connectivity index (χ0n) is 18.6. The second-order valence-corrected chi connectivity index (χ2v) is 8.41. The van der Waals surface area contributed by atoms with E-state index in [0.717, 1.165) is 56.9 Å². The largest absolute Gasteiger partial charge is 0.490 e. The molecule has 0 N–H and O–H groups in total. The Labute approximate surface area is 183 Å². The van der Waals surface area contributed by atoms with Crippen molar-refractivity contribution in [1.29, 1.82) is 0 Å². The van der Waals surface area contributed by atoms with Gasteiger partial charge in [0.05, 0.1) is 19.3 Å². The number of rotatable bonds is 10. The van der Waals surface area contributed by atoms with E-state index in [-0.39, 0.29) is 22.8 Å². The number of ether oxygens (including phenoxy) is 2. The number of hydrogen-bond donors (Lipinski definition) is 0. The van der Waals surface area contributed by atoms with Gasteiger partial charge in [0.2, 0.25) is 5.82 Å². The fraction of sp³-hybridized carbons (Fsp3) is 0.538. The van der Waals surface area contributed by atoms with Crippen molar-refractivity contribution >= 4 is 0 Å². The normalized spacial score (nSPS) is 18.9. The minimum Gasteiger partial charge on any atom is -0.490 e. The molecule has 0 amide bonds. The van der Waals surface area contributed by atoms with Crippen molar-refractivity contribution in [2.24, 2.45) is 0 Å². The molecule has 31 heavy (non-hydrogen) atoms. The molecule has 0 saturated carbocycles. The smallest absolute Gasteiger partial charge is 0.201 e. The molecule has 2 aromatic rings. The first-order chi connectivity index (χ1) is 15.0. The Kier molecular flexibility index (Phi) is 8.82. The van der Waals surface area contributed by atoms with Crippen LogP contribution in [0.3, 0.4) is 0 Å². The van der Waals surface area contributed by atoms with Gasteiger partial charge in [-0.05, 0) is 49.4 Å². The predicted octanol–water partition coefficient (Wildman–Crippen LogP) is 7.79. The maximum atomic E-state index is 14.9. The highest BCUT2D eigenvalue weighted by atomic mass is 19.2. The molecule has 2 atom stereocenters. The van der Waals surface area contributed by atoms with Crippen LogP contribution in [0.2, 0.25) is 0 Å². The fourth-order valence-electron chi connectivity index (χ4n) is 4.12. The molecule has 0 spiro atoms. The van der Waals surface area contributed by atoms with Crippen LogP contribution < -0.4 is 4.74 Å². The molecule has 1 fully saturated rings. The Morgan fingerprint density at radius 3 is 2.35 bits per heavy atom. The molecule has 170 valence electrons. The SMILES string of the molecule is CCCCCOc1ccc(-c2ccc(C3CCC(CCCC)OC3)cc2F)c(F)c1F. The Bertz CT molecular complexity index is 845. The Hall–Kier alpha value is -2.01. The molecule has 0 radical (unpaired) electrons. The van der Waals surface area contributed by atoms with Crippen LogP contribution in [0.1, 0.15) is 76.7 Å². The summed E-state index contributed by atoms with van der Waals surface area (Å²) in [6.45, 7) is 5.12. The summed E-state index contributed by atoms with van der Waals surface area (Å²) in [6, 6.07) is 7.52. The van der Waals surface area contributed by atoms with Crippen molar-refractivity contribution in [3.63, 3.8) is 0 Å². The van der Waals surface area contributed by atoms with Crippen molar-refractivity contribution < 1.29 is 22.6 Å². The Balaban J connectivity index is 1.69. The maximum absolute atomic E-state index is 14.9. The van der Waals surface area contributed by atoms with E-state index in [1.165, 1.54) is 24.3 Å². The molecule has 3 rings (SSSR count).